The van der Waals surface area contributed by atoms with Gasteiger partial charge in [0, 0.05) is 6.42 Å². The fourth-order valence-electron chi connectivity index (χ4n) is 1.69. The lowest BCUT2D eigenvalue weighted by molar-refractivity contribution is -0.149. The SMILES string of the molecule is CCCCC#C[C@@H](O)[C@@H]1CCCCOC1=O. The summed E-state index contributed by atoms with van der Waals surface area (Å²) in [6, 6.07) is 0. The van der Waals surface area contributed by atoms with E-state index in [2.05, 4.69) is 18.8 Å². The molecule has 1 fully saturated rings. The highest BCUT2D eigenvalue weighted by Gasteiger charge is 2.28. The minimum Gasteiger partial charge on any atom is -0.465 e. The number of ether oxygens (including phenoxy) is 1. The zero-order valence-electron chi connectivity index (χ0n) is 9.87. The van der Waals surface area contributed by atoms with Gasteiger partial charge in [-0.05, 0) is 25.7 Å². The topological polar surface area (TPSA) is 46.5 Å². The van der Waals surface area contributed by atoms with Gasteiger partial charge >= 0.3 is 5.97 Å². The third-order valence-corrected chi connectivity index (χ3v) is 2.74. The number of carbonyl (C=O) groups excluding carboxylic acids is 1. The Labute approximate surface area is 97.2 Å². The number of hydrogen-bond donors (Lipinski definition) is 1. The Bertz CT molecular complexity index is 275. The predicted octanol–water partition coefficient (Wildman–Crippen LogP) is 1.88. The van der Waals surface area contributed by atoms with Crippen molar-refractivity contribution in [3.8, 4) is 11.8 Å². The number of hydrogen-bond acceptors (Lipinski definition) is 3. The van der Waals surface area contributed by atoms with E-state index in [1.165, 1.54) is 0 Å². The third-order valence-electron chi connectivity index (χ3n) is 2.74. The van der Waals surface area contributed by atoms with Crippen molar-refractivity contribution in [3.05, 3.63) is 0 Å². The number of esters is 1. The van der Waals surface area contributed by atoms with Gasteiger partial charge in [-0.3, -0.25) is 4.79 Å². The average molecular weight is 224 g/mol. The molecule has 1 aliphatic heterocycles. The molecule has 1 N–H and O–H groups in total. The highest BCUT2D eigenvalue weighted by Crippen LogP contribution is 2.18. The molecule has 90 valence electrons. The van der Waals surface area contributed by atoms with Crippen molar-refractivity contribution in [3.63, 3.8) is 0 Å². The van der Waals surface area contributed by atoms with Gasteiger partial charge in [-0.1, -0.05) is 19.3 Å². The summed E-state index contributed by atoms with van der Waals surface area (Å²) in [5.74, 6) is 4.92. The molecule has 0 unspecified atom stereocenters. The molecule has 1 saturated heterocycles. The van der Waals surface area contributed by atoms with Crippen molar-refractivity contribution in [2.24, 2.45) is 5.92 Å². The molecule has 3 heteroatoms. The standard InChI is InChI=1S/C13H20O3/c1-2-3-4-5-9-12(14)11-8-6-7-10-16-13(11)15/h11-12,14H,2-4,6-8,10H2,1H3/t11-,12+/m0/s1. The molecule has 0 radical (unpaired) electrons. The highest BCUT2D eigenvalue weighted by molar-refractivity contribution is 5.73. The van der Waals surface area contributed by atoms with Crippen molar-refractivity contribution in [2.45, 2.75) is 51.6 Å². The Morgan fingerprint density at radius 3 is 3.12 bits per heavy atom. The maximum absolute atomic E-state index is 11.5. The minimum absolute atomic E-state index is 0.296. The molecule has 1 rings (SSSR count). The van der Waals surface area contributed by atoms with Crippen LogP contribution in [0.25, 0.3) is 0 Å². The highest BCUT2D eigenvalue weighted by atomic mass is 16.5. The van der Waals surface area contributed by atoms with Crippen LogP contribution in [0.4, 0.5) is 0 Å². The number of unbranched alkanes of at least 4 members (excludes halogenated alkanes) is 2. The number of carbonyl (C=O) groups is 1. The zero-order valence-corrected chi connectivity index (χ0v) is 9.87. The summed E-state index contributed by atoms with van der Waals surface area (Å²) in [5, 5.41) is 9.79. The first-order valence-corrected chi connectivity index (χ1v) is 6.08. The van der Waals surface area contributed by atoms with E-state index in [0.717, 1.165) is 32.1 Å². The fraction of sp³-hybridized carbons (Fsp3) is 0.769. The second-order valence-electron chi connectivity index (χ2n) is 4.14. The van der Waals surface area contributed by atoms with E-state index in [1.807, 2.05) is 0 Å². The molecule has 0 saturated carbocycles. The summed E-state index contributed by atoms with van der Waals surface area (Å²) in [7, 11) is 0. The molecule has 0 aliphatic carbocycles. The summed E-state index contributed by atoms with van der Waals surface area (Å²) in [6.07, 6.45) is 4.55. The van der Waals surface area contributed by atoms with Crippen LogP contribution < -0.4 is 0 Å². The van der Waals surface area contributed by atoms with Crippen LogP contribution in [-0.4, -0.2) is 23.8 Å². The lowest BCUT2D eigenvalue weighted by Crippen LogP contribution is -2.27. The first-order chi connectivity index (χ1) is 7.75. The molecule has 3 nitrogen and oxygen atoms in total. The first kappa shape index (κ1) is 13.1. The summed E-state index contributed by atoms with van der Waals surface area (Å²) in [5.41, 5.74) is 0. The van der Waals surface area contributed by atoms with Crippen LogP contribution in [0.1, 0.15) is 45.4 Å². The minimum atomic E-state index is -0.859. The smallest absolute Gasteiger partial charge is 0.312 e. The summed E-state index contributed by atoms with van der Waals surface area (Å²) >= 11 is 0. The lowest BCUT2D eigenvalue weighted by atomic mass is 9.97. The van der Waals surface area contributed by atoms with Gasteiger partial charge in [-0.15, -0.1) is 5.92 Å². The fourth-order valence-corrected chi connectivity index (χ4v) is 1.69. The maximum atomic E-state index is 11.5. The number of aliphatic hydroxyl groups is 1. The van der Waals surface area contributed by atoms with Crippen LogP contribution in [0.15, 0.2) is 0 Å². The molecule has 0 spiro atoms. The van der Waals surface area contributed by atoms with Crippen LogP contribution in [0.2, 0.25) is 0 Å². The van der Waals surface area contributed by atoms with Gasteiger partial charge in [0.05, 0.1) is 12.5 Å². The van der Waals surface area contributed by atoms with Gasteiger partial charge < -0.3 is 9.84 Å². The predicted molar refractivity (Wildman–Crippen MR) is 61.6 cm³/mol. The third kappa shape index (κ3) is 4.24. The monoisotopic (exact) mass is 224 g/mol. The van der Waals surface area contributed by atoms with Crippen molar-refractivity contribution in [2.75, 3.05) is 6.61 Å². The Morgan fingerprint density at radius 2 is 2.38 bits per heavy atom. The molecule has 0 aromatic rings. The van der Waals surface area contributed by atoms with Crippen molar-refractivity contribution in [1.29, 1.82) is 0 Å². The Kier molecular flexibility index (Phi) is 5.95. The van der Waals surface area contributed by atoms with Crippen LogP contribution in [-0.2, 0) is 9.53 Å². The summed E-state index contributed by atoms with van der Waals surface area (Å²) in [6.45, 7) is 2.58. The molecule has 1 aliphatic rings. The molecular weight excluding hydrogens is 204 g/mol. The molecule has 0 amide bonds. The maximum Gasteiger partial charge on any atom is 0.312 e. The van der Waals surface area contributed by atoms with Crippen molar-refractivity contribution < 1.29 is 14.6 Å². The van der Waals surface area contributed by atoms with Gasteiger partial charge in [0.2, 0.25) is 0 Å². The van der Waals surface area contributed by atoms with Gasteiger partial charge in [0.1, 0.15) is 6.10 Å². The quantitative estimate of drug-likeness (QED) is 0.452. The zero-order chi connectivity index (χ0) is 11.8. The van der Waals surface area contributed by atoms with E-state index in [9.17, 15) is 9.90 Å². The van der Waals surface area contributed by atoms with Crippen LogP contribution in [0.5, 0.6) is 0 Å². The first-order valence-electron chi connectivity index (χ1n) is 6.08. The summed E-state index contributed by atoms with van der Waals surface area (Å²) in [4.78, 5) is 11.5. The molecule has 1 heterocycles. The normalized spacial score (nSPS) is 22.6. The van der Waals surface area contributed by atoms with E-state index in [4.69, 9.17) is 4.74 Å². The molecule has 0 aromatic carbocycles. The van der Waals surface area contributed by atoms with Crippen LogP contribution in [0.3, 0.4) is 0 Å². The van der Waals surface area contributed by atoms with Gasteiger partial charge in [-0.25, -0.2) is 0 Å². The van der Waals surface area contributed by atoms with Crippen LogP contribution in [0, 0.1) is 17.8 Å². The molecule has 0 aromatic heterocycles. The molecule has 2 atom stereocenters. The Hall–Kier alpha value is -1.01. The lowest BCUT2D eigenvalue weighted by Gasteiger charge is -2.13. The van der Waals surface area contributed by atoms with Gasteiger partial charge in [0.25, 0.3) is 0 Å². The Morgan fingerprint density at radius 1 is 1.56 bits per heavy atom. The van der Waals surface area contributed by atoms with E-state index >= 15 is 0 Å². The van der Waals surface area contributed by atoms with Crippen LogP contribution >= 0.6 is 0 Å². The molecule has 16 heavy (non-hydrogen) atoms. The number of rotatable bonds is 3. The van der Waals surface area contributed by atoms with E-state index in [1.54, 1.807) is 0 Å². The van der Waals surface area contributed by atoms with Crippen molar-refractivity contribution >= 4 is 5.97 Å². The summed E-state index contributed by atoms with van der Waals surface area (Å²) < 4.78 is 5.00. The van der Waals surface area contributed by atoms with Crippen molar-refractivity contribution in [1.82, 2.24) is 0 Å². The second-order valence-corrected chi connectivity index (χ2v) is 4.14. The van der Waals surface area contributed by atoms with E-state index in [-0.39, 0.29) is 5.97 Å². The van der Waals surface area contributed by atoms with Gasteiger partial charge in [0.15, 0.2) is 0 Å². The molecule has 0 bridgehead atoms. The largest absolute Gasteiger partial charge is 0.465 e. The Balaban J connectivity index is 2.45. The number of aliphatic hydroxyl groups excluding tert-OH is 1. The second kappa shape index (κ2) is 7.29. The average Bonchev–Trinajstić information content (AvgIpc) is 2.49. The number of cyclic esters (lactones) is 1. The van der Waals surface area contributed by atoms with E-state index in [0.29, 0.717) is 13.0 Å². The van der Waals surface area contributed by atoms with Gasteiger partial charge in [-0.2, -0.15) is 0 Å². The van der Waals surface area contributed by atoms with E-state index < -0.39 is 12.0 Å². The molecular formula is C13H20O3.